The van der Waals surface area contributed by atoms with E-state index in [1.54, 1.807) is 43.8 Å². The maximum atomic E-state index is 12.8. The molecule has 0 aliphatic rings. The molecule has 132 valence electrons. The van der Waals surface area contributed by atoms with Crippen molar-refractivity contribution >= 4 is 22.4 Å². The maximum absolute atomic E-state index is 12.8. The Labute approximate surface area is 153 Å². The van der Waals surface area contributed by atoms with E-state index >= 15 is 0 Å². The van der Waals surface area contributed by atoms with E-state index in [0.29, 0.717) is 5.69 Å². The van der Waals surface area contributed by atoms with Crippen molar-refractivity contribution < 1.29 is 13.7 Å². The van der Waals surface area contributed by atoms with Gasteiger partial charge in [0.1, 0.15) is 10.8 Å². The monoisotopic (exact) mass is 367 g/mol. The normalized spacial score (nSPS) is 11.6. The van der Waals surface area contributed by atoms with Gasteiger partial charge in [0.15, 0.2) is 0 Å². The number of carbonyl (C=O) groups excluding carboxylic acids is 1. The molecule has 0 aliphatic heterocycles. The lowest BCUT2D eigenvalue weighted by Gasteiger charge is -2.09. The van der Waals surface area contributed by atoms with Gasteiger partial charge < -0.3 is 10.1 Å². The number of methoxy groups -OCH3 is 1. The summed E-state index contributed by atoms with van der Waals surface area (Å²) in [5.41, 5.74) is 1.77. The summed E-state index contributed by atoms with van der Waals surface area (Å²) in [7, 11) is 0.134. The number of aromatic nitrogens is 2. The van der Waals surface area contributed by atoms with Gasteiger partial charge in [-0.1, -0.05) is 12.1 Å². The van der Waals surface area contributed by atoms with Crippen LogP contribution < -0.4 is 10.1 Å². The van der Waals surface area contributed by atoms with Gasteiger partial charge in [-0.2, -0.15) is 0 Å². The van der Waals surface area contributed by atoms with Crippen molar-refractivity contribution in [2.45, 2.75) is 10.8 Å². The highest BCUT2D eigenvalue weighted by Crippen LogP contribution is 2.18. The molecule has 2 aromatic heterocycles. The second-order valence-corrected chi connectivity index (χ2v) is 6.75. The summed E-state index contributed by atoms with van der Waals surface area (Å²) in [6, 6.07) is 13.9. The number of anilines is 1. The standard InChI is InChI=1S/C19H17N3O3S/c1-25-16-6-4-14(5-7-16)13-26(24)19-17(3-2-10-21-19)18(23)22-15-8-11-20-12-9-15/h2-12H,13H2,1H3,(H,20,22,23). The van der Waals surface area contributed by atoms with Crippen LogP contribution in [0.1, 0.15) is 15.9 Å². The zero-order valence-electron chi connectivity index (χ0n) is 14.1. The predicted octanol–water partition coefficient (Wildman–Crippen LogP) is 3.05. The molecule has 1 atom stereocenters. The van der Waals surface area contributed by atoms with Gasteiger partial charge in [-0.05, 0) is 42.0 Å². The number of nitrogens with zero attached hydrogens (tertiary/aromatic N) is 2. The van der Waals surface area contributed by atoms with Crippen LogP contribution in [0.4, 0.5) is 5.69 Å². The molecule has 2 heterocycles. The van der Waals surface area contributed by atoms with Crippen LogP contribution in [0.3, 0.4) is 0 Å². The second kappa shape index (κ2) is 8.35. The summed E-state index contributed by atoms with van der Waals surface area (Å²) in [4.78, 5) is 20.6. The number of rotatable bonds is 6. The Kier molecular flexibility index (Phi) is 5.70. The first kappa shape index (κ1) is 17.8. The Bertz CT molecular complexity index is 915. The summed E-state index contributed by atoms with van der Waals surface area (Å²) >= 11 is 0. The minimum Gasteiger partial charge on any atom is -0.497 e. The molecule has 3 rings (SSSR count). The topological polar surface area (TPSA) is 81.2 Å². The Morgan fingerprint density at radius 2 is 1.81 bits per heavy atom. The SMILES string of the molecule is COc1ccc(CS(=O)c2ncccc2C(=O)Nc2ccncc2)cc1. The Morgan fingerprint density at radius 3 is 2.50 bits per heavy atom. The van der Waals surface area contributed by atoms with Gasteiger partial charge in [-0.3, -0.25) is 14.0 Å². The third-order valence-electron chi connectivity index (χ3n) is 3.63. The van der Waals surface area contributed by atoms with Crippen LogP contribution in [0, 0.1) is 0 Å². The zero-order valence-corrected chi connectivity index (χ0v) is 14.9. The van der Waals surface area contributed by atoms with Crippen molar-refractivity contribution in [2.75, 3.05) is 12.4 Å². The van der Waals surface area contributed by atoms with E-state index in [9.17, 15) is 9.00 Å². The Balaban J connectivity index is 1.79. The zero-order chi connectivity index (χ0) is 18.4. The minimum absolute atomic E-state index is 0.259. The molecule has 0 bridgehead atoms. The molecular weight excluding hydrogens is 350 g/mol. The van der Waals surface area contributed by atoms with Gasteiger partial charge >= 0.3 is 0 Å². The van der Waals surface area contributed by atoms with Crippen molar-refractivity contribution in [3.8, 4) is 5.75 Å². The first-order valence-electron chi connectivity index (χ1n) is 7.85. The van der Waals surface area contributed by atoms with E-state index in [-0.39, 0.29) is 22.2 Å². The molecule has 6 nitrogen and oxygen atoms in total. The van der Waals surface area contributed by atoms with E-state index in [0.717, 1.165) is 11.3 Å². The molecular formula is C19H17N3O3S. The van der Waals surface area contributed by atoms with E-state index in [4.69, 9.17) is 4.74 Å². The number of ether oxygens (including phenoxy) is 1. The van der Waals surface area contributed by atoms with E-state index in [1.807, 2.05) is 24.3 Å². The lowest BCUT2D eigenvalue weighted by molar-refractivity contribution is 0.102. The summed E-state index contributed by atoms with van der Waals surface area (Å²) in [5, 5.41) is 3.02. The van der Waals surface area contributed by atoms with Crippen molar-refractivity contribution in [1.29, 1.82) is 0 Å². The van der Waals surface area contributed by atoms with Gasteiger partial charge in [0.05, 0.1) is 29.2 Å². The summed E-state index contributed by atoms with van der Waals surface area (Å²) in [6.45, 7) is 0. The van der Waals surface area contributed by atoms with E-state index in [1.165, 1.54) is 6.20 Å². The van der Waals surface area contributed by atoms with Crippen LogP contribution in [0.5, 0.6) is 5.75 Å². The quantitative estimate of drug-likeness (QED) is 0.724. The van der Waals surface area contributed by atoms with Crippen LogP contribution in [0.25, 0.3) is 0 Å². The number of amides is 1. The molecule has 7 heteroatoms. The minimum atomic E-state index is -1.46. The lowest BCUT2D eigenvalue weighted by atomic mass is 10.2. The molecule has 3 aromatic rings. The van der Waals surface area contributed by atoms with Crippen molar-refractivity contribution in [2.24, 2.45) is 0 Å². The van der Waals surface area contributed by atoms with E-state index in [2.05, 4.69) is 15.3 Å². The molecule has 1 N–H and O–H groups in total. The first-order chi connectivity index (χ1) is 12.7. The number of hydrogen-bond donors (Lipinski definition) is 1. The highest BCUT2D eigenvalue weighted by atomic mass is 32.2. The summed E-state index contributed by atoms with van der Waals surface area (Å²) in [5.74, 6) is 0.633. The Morgan fingerprint density at radius 1 is 1.08 bits per heavy atom. The van der Waals surface area contributed by atoms with Crippen LogP contribution in [0.2, 0.25) is 0 Å². The van der Waals surface area contributed by atoms with Crippen LogP contribution in [-0.2, 0) is 16.6 Å². The number of hydrogen-bond acceptors (Lipinski definition) is 5. The molecule has 1 aromatic carbocycles. The summed E-state index contributed by atoms with van der Waals surface area (Å²) in [6.07, 6.45) is 4.70. The smallest absolute Gasteiger partial charge is 0.258 e. The number of benzene rings is 1. The average molecular weight is 367 g/mol. The lowest BCUT2D eigenvalue weighted by Crippen LogP contribution is -2.16. The molecule has 0 aliphatic carbocycles. The van der Waals surface area contributed by atoms with Gasteiger partial charge in [0.25, 0.3) is 5.91 Å². The fourth-order valence-electron chi connectivity index (χ4n) is 2.32. The van der Waals surface area contributed by atoms with Gasteiger partial charge in [-0.15, -0.1) is 0 Å². The fourth-order valence-corrected chi connectivity index (χ4v) is 3.54. The van der Waals surface area contributed by atoms with Gasteiger partial charge in [0, 0.05) is 24.3 Å². The molecule has 0 saturated heterocycles. The molecule has 26 heavy (non-hydrogen) atoms. The summed E-state index contributed by atoms with van der Waals surface area (Å²) < 4.78 is 17.9. The third kappa shape index (κ3) is 4.31. The maximum Gasteiger partial charge on any atom is 0.258 e. The fraction of sp³-hybridized carbons (Fsp3) is 0.105. The first-order valence-corrected chi connectivity index (χ1v) is 9.17. The van der Waals surface area contributed by atoms with Gasteiger partial charge in [-0.25, -0.2) is 4.98 Å². The highest BCUT2D eigenvalue weighted by molar-refractivity contribution is 7.84. The number of nitrogens with one attached hydrogen (secondary N) is 1. The molecule has 1 amide bonds. The van der Waals surface area contributed by atoms with Crippen molar-refractivity contribution in [3.05, 3.63) is 78.2 Å². The molecule has 1 unspecified atom stereocenters. The molecule has 0 radical (unpaired) electrons. The highest BCUT2D eigenvalue weighted by Gasteiger charge is 2.18. The van der Waals surface area contributed by atoms with Crippen molar-refractivity contribution in [1.82, 2.24) is 9.97 Å². The Hall–Kier alpha value is -3.06. The predicted molar refractivity (Wildman–Crippen MR) is 99.5 cm³/mol. The number of pyridine rings is 2. The van der Waals surface area contributed by atoms with Crippen LogP contribution >= 0.6 is 0 Å². The van der Waals surface area contributed by atoms with Gasteiger partial charge in [0.2, 0.25) is 0 Å². The van der Waals surface area contributed by atoms with Crippen molar-refractivity contribution in [3.63, 3.8) is 0 Å². The third-order valence-corrected chi connectivity index (χ3v) is 4.98. The largest absolute Gasteiger partial charge is 0.497 e. The number of carbonyl (C=O) groups is 1. The van der Waals surface area contributed by atoms with E-state index < -0.39 is 10.8 Å². The molecule has 0 saturated carbocycles. The molecule has 0 fully saturated rings. The van der Waals surface area contributed by atoms with Crippen LogP contribution in [0.15, 0.2) is 72.1 Å². The average Bonchev–Trinajstić information content (AvgIpc) is 2.69. The molecule has 0 spiro atoms. The van der Waals surface area contributed by atoms with Crippen LogP contribution in [-0.4, -0.2) is 27.2 Å². The second-order valence-electron chi connectivity index (χ2n) is 5.38.